The molecule has 4 nitrogen and oxygen atoms in total. The molecular formula is C2H9NO3S. The molecule has 0 aliphatic rings. The minimum absolute atomic E-state index is 1.21. The van der Waals surface area contributed by atoms with Gasteiger partial charge in [-0.1, -0.05) is 0 Å². The molecule has 0 saturated heterocycles. The largest absolute Gasteiger partial charge is 0.296 e. The van der Waals surface area contributed by atoms with Crippen molar-refractivity contribution < 1.29 is 13.3 Å². The molecule has 3 N–H and O–H groups in total. The lowest BCUT2D eigenvalue weighted by Crippen LogP contribution is -2.15. The molecule has 0 rings (SSSR count). The van der Waals surface area contributed by atoms with Crippen molar-refractivity contribution in [1.29, 1.82) is 0 Å². The van der Waals surface area contributed by atoms with Crippen molar-refractivity contribution in [2.45, 2.75) is 0 Å². The van der Waals surface area contributed by atoms with E-state index in [0.717, 1.165) is 0 Å². The molecule has 0 aromatic rings. The summed E-state index contributed by atoms with van der Waals surface area (Å²) in [6.07, 6.45) is 0. The van der Waals surface area contributed by atoms with Crippen LogP contribution in [0.2, 0.25) is 0 Å². The Morgan fingerprint density at radius 2 is 2.00 bits per heavy atom. The van der Waals surface area contributed by atoms with Crippen LogP contribution in [0.4, 0.5) is 0 Å². The van der Waals surface area contributed by atoms with Crippen molar-refractivity contribution in [3.8, 4) is 0 Å². The highest BCUT2D eigenvalue weighted by molar-refractivity contribution is 8.18. The van der Waals surface area contributed by atoms with Crippen LogP contribution in [-0.2, 0) is 4.18 Å². The maximum Gasteiger partial charge on any atom is 0.154 e. The van der Waals surface area contributed by atoms with Gasteiger partial charge in [-0.2, -0.15) is 0 Å². The van der Waals surface area contributed by atoms with Crippen molar-refractivity contribution in [2.24, 2.45) is 0 Å². The van der Waals surface area contributed by atoms with Gasteiger partial charge in [-0.25, -0.2) is 4.72 Å². The quantitative estimate of drug-likeness (QED) is 0.503. The standard InChI is InChI=1S/C2H9NO3S/c1-3-7(4,5)6-2/h3-5H,1-2H3. The Morgan fingerprint density at radius 3 is 2.00 bits per heavy atom. The summed E-state index contributed by atoms with van der Waals surface area (Å²) in [5.41, 5.74) is 0. The van der Waals surface area contributed by atoms with Gasteiger partial charge in [-0.05, 0) is 7.05 Å². The maximum absolute atomic E-state index is 8.44. The molecule has 0 bridgehead atoms. The minimum atomic E-state index is -2.91. The van der Waals surface area contributed by atoms with E-state index in [1.807, 2.05) is 0 Å². The fourth-order valence-corrected chi connectivity index (χ4v) is 0.250. The van der Waals surface area contributed by atoms with Crippen molar-refractivity contribution in [2.75, 3.05) is 14.2 Å². The van der Waals surface area contributed by atoms with Crippen molar-refractivity contribution in [1.82, 2.24) is 4.72 Å². The second-order valence-electron chi connectivity index (χ2n) is 0.867. The first-order valence-corrected chi connectivity index (χ1v) is 3.12. The summed E-state index contributed by atoms with van der Waals surface area (Å²) in [7, 11) is 2.62. The Bertz CT molecular complexity index is 50.9. The van der Waals surface area contributed by atoms with Crippen LogP contribution >= 0.6 is 11.1 Å². The summed E-state index contributed by atoms with van der Waals surface area (Å²) in [6, 6.07) is 0. The van der Waals surface area contributed by atoms with Gasteiger partial charge in [-0.3, -0.25) is 13.3 Å². The summed E-state index contributed by atoms with van der Waals surface area (Å²) >= 11 is -2.91. The molecule has 0 atom stereocenters. The summed E-state index contributed by atoms with van der Waals surface area (Å²) in [5.74, 6) is 0. The van der Waals surface area contributed by atoms with Gasteiger partial charge < -0.3 is 0 Å². The van der Waals surface area contributed by atoms with E-state index in [1.54, 1.807) is 0 Å². The average Bonchev–Trinajstić information content (AvgIpc) is 1.68. The highest BCUT2D eigenvalue weighted by Crippen LogP contribution is 2.31. The van der Waals surface area contributed by atoms with Gasteiger partial charge in [0.15, 0.2) is 11.1 Å². The third kappa shape index (κ3) is 2.84. The predicted molar refractivity (Wildman–Crippen MR) is 28.9 cm³/mol. The third-order valence-electron chi connectivity index (χ3n) is 0.498. The smallest absolute Gasteiger partial charge is 0.154 e. The predicted octanol–water partition coefficient (Wildman–Crippen LogP) is 0.433. The average molecular weight is 127 g/mol. The van der Waals surface area contributed by atoms with Crippen molar-refractivity contribution in [3.63, 3.8) is 0 Å². The van der Waals surface area contributed by atoms with E-state index in [0.29, 0.717) is 0 Å². The topological polar surface area (TPSA) is 61.7 Å². The zero-order chi connectivity index (χ0) is 5.91. The number of hydrogen-bond donors (Lipinski definition) is 3. The SMILES string of the molecule is CNS(O)(O)OC. The zero-order valence-electron chi connectivity index (χ0n) is 4.21. The Balaban J connectivity index is 3.36. The lowest BCUT2D eigenvalue weighted by atomic mass is 11.6. The molecule has 0 unspecified atom stereocenters. The highest BCUT2D eigenvalue weighted by Gasteiger charge is 2.08. The molecule has 0 radical (unpaired) electrons. The Hall–Kier alpha value is 0.190. The van der Waals surface area contributed by atoms with Gasteiger partial charge in [-0.15, -0.1) is 0 Å². The van der Waals surface area contributed by atoms with E-state index >= 15 is 0 Å². The molecule has 0 aromatic carbocycles. The van der Waals surface area contributed by atoms with E-state index in [-0.39, 0.29) is 0 Å². The monoisotopic (exact) mass is 127 g/mol. The Labute approximate surface area is 44.2 Å². The zero-order valence-corrected chi connectivity index (χ0v) is 5.03. The number of hydrogen-bond acceptors (Lipinski definition) is 4. The first-order chi connectivity index (χ1) is 3.12. The molecule has 0 heterocycles. The molecule has 5 heteroatoms. The molecule has 0 aliphatic heterocycles. The van der Waals surface area contributed by atoms with E-state index in [2.05, 4.69) is 8.91 Å². The van der Waals surface area contributed by atoms with Crippen LogP contribution in [0.3, 0.4) is 0 Å². The lowest BCUT2D eigenvalue weighted by Gasteiger charge is -2.21. The second kappa shape index (κ2) is 2.49. The maximum atomic E-state index is 8.44. The van der Waals surface area contributed by atoms with E-state index < -0.39 is 11.1 Å². The number of rotatable bonds is 2. The molecule has 7 heavy (non-hydrogen) atoms. The first-order valence-electron chi connectivity index (χ1n) is 1.64. The van der Waals surface area contributed by atoms with Gasteiger partial charge >= 0.3 is 0 Å². The second-order valence-corrected chi connectivity index (χ2v) is 2.60. The van der Waals surface area contributed by atoms with Crippen LogP contribution in [0, 0.1) is 0 Å². The van der Waals surface area contributed by atoms with Crippen LogP contribution in [0.1, 0.15) is 0 Å². The van der Waals surface area contributed by atoms with Crippen LogP contribution in [0.5, 0.6) is 0 Å². The molecule has 0 saturated carbocycles. The summed E-state index contributed by atoms with van der Waals surface area (Å²) in [4.78, 5) is 0. The molecular weight excluding hydrogens is 118 g/mol. The molecule has 0 aliphatic carbocycles. The summed E-state index contributed by atoms with van der Waals surface area (Å²) in [6.45, 7) is 0. The number of nitrogens with one attached hydrogen (secondary N) is 1. The Kier molecular flexibility index (Phi) is 2.55. The Morgan fingerprint density at radius 1 is 1.57 bits per heavy atom. The van der Waals surface area contributed by atoms with Gasteiger partial charge in [0.2, 0.25) is 0 Å². The fraction of sp³-hybridized carbons (Fsp3) is 1.00. The first kappa shape index (κ1) is 7.19. The molecule has 0 fully saturated rings. The summed E-state index contributed by atoms with van der Waals surface area (Å²) < 4.78 is 23.2. The van der Waals surface area contributed by atoms with Gasteiger partial charge in [0, 0.05) is 0 Å². The van der Waals surface area contributed by atoms with Gasteiger partial charge in [0.05, 0.1) is 7.11 Å². The van der Waals surface area contributed by atoms with E-state index in [4.69, 9.17) is 9.11 Å². The van der Waals surface area contributed by atoms with Crippen LogP contribution in [0.25, 0.3) is 0 Å². The third-order valence-corrected chi connectivity index (χ3v) is 1.49. The minimum Gasteiger partial charge on any atom is -0.296 e. The van der Waals surface area contributed by atoms with E-state index in [9.17, 15) is 0 Å². The lowest BCUT2D eigenvalue weighted by molar-refractivity contribution is 0.310. The van der Waals surface area contributed by atoms with Gasteiger partial charge in [0.1, 0.15) is 0 Å². The van der Waals surface area contributed by atoms with Crippen molar-refractivity contribution in [3.05, 3.63) is 0 Å². The van der Waals surface area contributed by atoms with Gasteiger partial charge in [0.25, 0.3) is 0 Å². The summed E-state index contributed by atoms with van der Waals surface area (Å²) in [5, 5.41) is 0. The van der Waals surface area contributed by atoms with E-state index in [1.165, 1.54) is 14.2 Å². The molecule has 0 amide bonds. The molecule has 0 aromatic heterocycles. The molecule has 0 spiro atoms. The van der Waals surface area contributed by atoms with Crippen molar-refractivity contribution >= 4 is 11.1 Å². The van der Waals surface area contributed by atoms with Crippen LogP contribution in [0.15, 0.2) is 0 Å². The van der Waals surface area contributed by atoms with Crippen LogP contribution < -0.4 is 4.72 Å². The fourth-order valence-electron chi connectivity index (χ4n) is 0.0833. The highest BCUT2D eigenvalue weighted by atomic mass is 32.3. The van der Waals surface area contributed by atoms with Crippen LogP contribution in [-0.4, -0.2) is 23.3 Å². The normalized spacial score (nSPS) is 14.3. The molecule has 46 valence electrons.